The smallest absolute Gasteiger partial charge is 0.255 e. The molecule has 1 amide bonds. The summed E-state index contributed by atoms with van der Waals surface area (Å²) in [6.45, 7) is 3.96. The maximum absolute atomic E-state index is 12.6. The summed E-state index contributed by atoms with van der Waals surface area (Å²) in [5.41, 5.74) is 9.01. The Kier molecular flexibility index (Phi) is 8.40. The van der Waals surface area contributed by atoms with Crippen LogP contribution in [0.1, 0.15) is 23.2 Å². The van der Waals surface area contributed by atoms with E-state index in [9.17, 15) is 4.79 Å². The topological polar surface area (TPSA) is 117 Å². The van der Waals surface area contributed by atoms with Crippen molar-refractivity contribution in [2.75, 3.05) is 47.9 Å². The van der Waals surface area contributed by atoms with Gasteiger partial charge in [-0.3, -0.25) is 9.69 Å². The Morgan fingerprint density at radius 2 is 1.64 bits per heavy atom. The lowest BCUT2D eigenvalue weighted by Gasteiger charge is -2.15. The lowest BCUT2D eigenvalue weighted by Crippen LogP contribution is -2.25. The molecule has 3 aromatic carbocycles. The number of nitrogen functional groups attached to an aromatic ring is 1. The van der Waals surface area contributed by atoms with Crippen molar-refractivity contribution in [1.82, 2.24) is 14.9 Å². The van der Waals surface area contributed by atoms with Gasteiger partial charge in [0.2, 0.25) is 5.95 Å². The van der Waals surface area contributed by atoms with E-state index in [0.29, 0.717) is 46.0 Å². The largest absolute Gasteiger partial charge is 0.492 e. The molecular weight excluding hydrogens is 514 g/mol. The van der Waals surface area contributed by atoms with Crippen LogP contribution in [0, 0.1) is 0 Å². The lowest BCUT2D eigenvalue weighted by molar-refractivity contribution is 0.102. The molecule has 4 aromatic rings. The van der Waals surface area contributed by atoms with Gasteiger partial charge in [0.25, 0.3) is 5.91 Å². The van der Waals surface area contributed by atoms with Gasteiger partial charge in [-0.1, -0.05) is 23.7 Å². The number of hydrogen-bond donors (Lipinski definition) is 4. The standard InChI is InChI=1S/C29H30ClN7O2/c30-24-19-32-29(34-22-11-13-23(14-12-22)39-18-17-37-15-3-4-16-37)36-27(24)33-21-9-7-20(8-10-21)28(38)35-26-6-2-1-5-25(26)31/h1-2,5-14,19H,3-4,15-18,31H2,(H,35,38)(H2,32,33,34,36). The maximum atomic E-state index is 12.6. The Labute approximate surface area is 232 Å². The number of aromatic nitrogens is 2. The summed E-state index contributed by atoms with van der Waals surface area (Å²) in [4.78, 5) is 23.8. The minimum absolute atomic E-state index is 0.256. The van der Waals surface area contributed by atoms with E-state index in [0.717, 1.165) is 31.1 Å². The Morgan fingerprint density at radius 3 is 2.38 bits per heavy atom. The van der Waals surface area contributed by atoms with Gasteiger partial charge in [0, 0.05) is 23.5 Å². The molecule has 39 heavy (non-hydrogen) atoms. The number of halogens is 1. The minimum Gasteiger partial charge on any atom is -0.492 e. The molecule has 200 valence electrons. The number of rotatable bonds is 10. The van der Waals surface area contributed by atoms with Crippen molar-refractivity contribution >= 4 is 52.0 Å². The van der Waals surface area contributed by atoms with Gasteiger partial charge in [0.15, 0.2) is 5.82 Å². The number of para-hydroxylation sites is 2. The first-order valence-electron chi connectivity index (χ1n) is 12.8. The normalized spacial score (nSPS) is 13.2. The van der Waals surface area contributed by atoms with Gasteiger partial charge < -0.3 is 26.4 Å². The second kappa shape index (κ2) is 12.5. The number of ether oxygens (including phenoxy) is 1. The molecule has 1 saturated heterocycles. The summed E-state index contributed by atoms with van der Waals surface area (Å²) >= 11 is 6.34. The van der Waals surface area contributed by atoms with Gasteiger partial charge in [-0.25, -0.2) is 4.98 Å². The van der Waals surface area contributed by atoms with Crippen molar-refractivity contribution in [2.45, 2.75) is 12.8 Å². The second-order valence-electron chi connectivity index (χ2n) is 9.18. The Morgan fingerprint density at radius 1 is 0.949 bits per heavy atom. The molecule has 0 unspecified atom stereocenters. The molecule has 1 aliphatic rings. The van der Waals surface area contributed by atoms with E-state index < -0.39 is 0 Å². The molecule has 0 saturated carbocycles. The van der Waals surface area contributed by atoms with Crippen LogP contribution in [0.2, 0.25) is 5.02 Å². The van der Waals surface area contributed by atoms with Crippen molar-refractivity contribution in [3.63, 3.8) is 0 Å². The molecule has 1 fully saturated rings. The molecule has 1 aromatic heterocycles. The van der Waals surface area contributed by atoms with Gasteiger partial charge in [-0.05, 0) is 86.6 Å². The van der Waals surface area contributed by atoms with E-state index in [2.05, 4.69) is 30.8 Å². The molecule has 1 aliphatic heterocycles. The second-order valence-corrected chi connectivity index (χ2v) is 9.59. The van der Waals surface area contributed by atoms with E-state index >= 15 is 0 Å². The summed E-state index contributed by atoms with van der Waals surface area (Å²) in [5.74, 6) is 1.39. The van der Waals surface area contributed by atoms with Gasteiger partial charge in [-0.2, -0.15) is 4.98 Å². The van der Waals surface area contributed by atoms with Gasteiger partial charge >= 0.3 is 0 Å². The molecule has 5 rings (SSSR count). The SMILES string of the molecule is Nc1ccccc1NC(=O)c1ccc(Nc2nc(Nc3ccc(OCCN4CCCC4)cc3)ncc2Cl)cc1. The van der Waals surface area contributed by atoms with Crippen molar-refractivity contribution in [1.29, 1.82) is 0 Å². The zero-order chi connectivity index (χ0) is 27.0. The third kappa shape index (κ3) is 7.16. The average Bonchev–Trinajstić information content (AvgIpc) is 3.47. The van der Waals surface area contributed by atoms with Gasteiger partial charge in [0.05, 0.1) is 17.6 Å². The van der Waals surface area contributed by atoms with Crippen molar-refractivity contribution < 1.29 is 9.53 Å². The zero-order valence-electron chi connectivity index (χ0n) is 21.4. The molecule has 0 bridgehead atoms. The number of carbonyl (C=O) groups is 1. The predicted octanol–water partition coefficient (Wildman–Crippen LogP) is 5.93. The monoisotopic (exact) mass is 543 g/mol. The number of anilines is 6. The van der Waals surface area contributed by atoms with E-state index in [4.69, 9.17) is 22.1 Å². The summed E-state index contributed by atoms with van der Waals surface area (Å²) in [6, 6.07) is 21.8. The average molecular weight is 544 g/mol. The number of nitrogens with zero attached hydrogens (tertiary/aromatic N) is 3. The van der Waals surface area contributed by atoms with Crippen LogP contribution in [0.4, 0.5) is 34.5 Å². The van der Waals surface area contributed by atoms with E-state index in [1.165, 1.54) is 19.0 Å². The maximum Gasteiger partial charge on any atom is 0.255 e. The number of amides is 1. The predicted molar refractivity (Wildman–Crippen MR) is 156 cm³/mol. The highest BCUT2D eigenvalue weighted by Crippen LogP contribution is 2.26. The fourth-order valence-corrected chi connectivity index (χ4v) is 4.36. The first-order valence-corrected chi connectivity index (χ1v) is 13.2. The summed E-state index contributed by atoms with van der Waals surface area (Å²) in [6.07, 6.45) is 4.09. The molecule has 0 aliphatic carbocycles. The first kappa shape index (κ1) is 26.3. The molecule has 5 N–H and O–H groups in total. The van der Waals surface area contributed by atoms with Crippen LogP contribution in [-0.4, -0.2) is 47.0 Å². The van der Waals surface area contributed by atoms with Crippen molar-refractivity contribution in [2.24, 2.45) is 0 Å². The fourth-order valence-electron chi connectivity index (χ4n) is 4.22. The molecule has 0 spiro atoms. The Balaban J connectivity index is 1.17. The summed E-state index contributed by atoms with van der Waals surface area (Å²) in [5, 5.41) is 9.55. The van der Waals surface area contributed by atoms with Crippen LogP contribution in [0.25, 0.3) is 0 Å². The molecular formula is C29H30ClN7O2. The highest BCUT2D eigenvalue weighted by Gasteiger charge is 2.12. The number of carbonyl (C=O) groups excluding carboxylic acids is 1. The molecule has 10 heteroatoms. The number of nitrogens with one attached hydrogen (secondary N) is 3. The zero-order valence-corrected chi connectivity index (χ0v) is 22.1. The van der Waals surface area contributed by atoms with Crippen molar-refractivity contribution in [3.05, 3.63) is 89.6 Å². The van der Waals surface area contributed by atoms with E-state index in [-0.39, 0.29) is 5.91 Å². The van der Waals surface area contributed by atoms with Crippen LogP contribution in [-0.2, 0) is 0 Å². The van der Waals surface area contributed by atoms with Crippen LogP contribution in [0.3, 0.4) is 0 Å². The third-order valence-electron chi connectivity index (χ3n) is 6.35. The van der Waals surface area contributed by atoms with Crippen molar-refractivity contribution in [3.8, 4) is 5.75 Å². The van der Waals surface area contributed by atoms with Crippen LogP contribution in [0.5, 0.6) is 5.75 Å². The minimum atomic E-state index is -0.256. The number of hydrogen-bond acceptors (Lipinski definition) is 8. The third-order valence-corrected chi connectivity index (χ3v) is 6.62. The van der Waals surface area contributed by atoms with Crippen LogP contribution in [0.15, 0.2) is 79.0 Å². The number of likely N-dealkylation sites (tertiary alicyclic amines) is 1. The van der Waals surface area contributed by atoms with Crippen LogP contribution >= 0.6 is 11.6 Å². The summed E-state index contributed by atoms with van der Waals surface area (Å²) in [7, 11) is 0. The van der Waals surface area contributed by atoms with Crippen LogP contribution < -0.4 is 26.4 Å². The Hall–Kier alpha value is -4.34. The Bertz CT molecular complexity index is 1410. The molecule has 0 radical (unpaired) electrons. The van der Waals surface area contributed by atoms with Gasteiger partial charge in [0.1, 0.15) is 17.4 Å². The van der Waals surface area contributed by atoms with Gasteiger partial charge in [-0.15, -0.1) is 0 Å². The molecule has 0 atom stereocenters. The lowest BCUT2D eigenvalue weighted by atomic mass is 10.2. The molecule has 9 nitrogen and oxygen atoms in total. The van der Waals surface area contributed by atoms with E-state index in [1.807, 2.05) is 36.4 Å². The quantitative estimate of drug-likeness (QED) is 0.182. The summed E-state index contributed by atoms with van der Waals surface area (Å²) < 4.78 is 5.87. The molecule has 2 heterocycles. The number of benzene rings is 3. The highest BCUT2D eigenvalue weighted by atomic mass is 35.5. The first-order chi connectivity index (χ1) is 19.0. The number of nitrogens with two attached hydrogens (primary N) is 1. The highest BCUT2D eigenvalue weighted by molar-refractivity contribution is 6.32. The fraction of sp³-hybridized carbons (Fsp3) is 0.207. The van der Waals surface area contributed by atoms with E-state index in [1.54, 1.807) is 36.4 Å².